The summed E-state index contributed by atoms with van der Waals surface area (Å²) in [5.41, 5.74) is 3.49. The van der Waals surface area contributed by atoms with Crippen LogP contribution in [0.2, 0.25) is 0 Å². The van der Waals surface area contributed by atoms with Gasteiger partial charge in [0.05, 0.1) is 0 Å². The van der Waals surface area contributed by atoms with E-state index in [-0.39, 0.29) is 17.7 Å². The molecule has 1 saturated heterocycles. The fraction of sp³-hybridized carbons (Fsp3) is 0.261. The van der Waals surface area contributed by atoms with Crippen molar-refractivity contribution in [1.29, 1.82) is 0 Å². The average molecular weight is 386 g/mol. The Labute approximate surface area is 168 Å². The van der Waals surface area contributed by atoms with Crippen molar-refractivity contribution in [2.24, 2.45) is 0 Å². The van der Waals surface area contributed by atoms with Gasteiger partial charge in [0, 0.05) is 48.4 Å². The molecule has 1 aliphatic heterocycles. The lowest BCUT2D eigenvalue weighted by Gasteiger charge is -2.16. The second-order valence-corrected chi connectivity index (χ2v) is 7.57. The lowest BCUT2D eigenvalue weighted by atomic mass is 9.88. The molecule has 1 aliphatic rings. The number of benzene rings is 2. The molecular formula is C23H22N4O2. The van der Waals surface area contributed by atoms with Gasteiger partial charge in [0.1, 0.15) is 0 Å². The highest BCUT2D eigenvalue weighted by Crippen LogP contribution is 2.38. The van der Waals surface area contributed by atoms with Gasteiger partial charge in [0.2, 0.25) is 12.3 Å². The van der Waals surface area contributed by atoms with Crippen molar-refractivity contribution in [2.75, 3.05) is 13.1 Å². The first-order valence-electron chi connectivity index (χ1n) is 9.93. The molecule has 6 nitrogen and oxygen atoms in total. The number of hydrogen-bond acceptors (Lipinski definition) is 4. The third-order valence-electron chi connectivity index (χ3n) is 5.89. The van der Waals surface area contributed by atoms with Crippen LogP contribution in [0.15, 0.2) is 71.7 Å². The molecule has 1 fully saturated rings. The standard InChI is InChI=1S/C23H22N4O2/c28-22(11-10-17-12-24-21-9-5-4-8-18(17)21)27-13-19(16-6-2-1-3-7-16)20(14-27)23-25-15-29-26-23/h1-9,12,15,19-20,24H,10-11,13-14H2/t19-,20-/m0/s1. The number of nitrogens with one attached hydrogen (secondary N) is 1. The minimum atomic E-state index is 0.0492. The van der Waals surface area contributed by atoms with E-state index < -0.39 is 0 Å². The molecule has 2 atom stereocenters. The van der Waals surface area contributed by atoms with Gasteiger partial charge in [-0.1, -0.05) is 53.7 Å². The summed E-state index contributed by atoms with van der Waals surface area (Å²) in [5, 5.41) is 5.25. The van der Waals surface area contributed by atoms with Crippen molar-refractivity contribution in [3.8, 4) is 0 Å². The lowest BCUT2D eigenvalue weighted by Crippen LogP contribution is -2.29. The number of amides is 1. The van der Waals surface area contributed by atoms with E-state index in [9.17, 15) is 4.79 Å². The van der Waals surface area contributed by atoms with E-state index in [0.29, 0.717) is 25.3 Å². The van der Waals surface area contributed by atoms with Crippen LogP contribution in [-0.4, -0.2) is 39.0 Å². The molecule has 29 heavy (non-hydrogen) atoms. The molecule has 6 heteroatoms. The van der Waals surface area contributed by atoms with Gasteiger partial charge in [-0.25, -0.2) is 0 Å². The Morgan fingerprint density at radius 3 is 2.69 bits per heavy atom. The van der Waals surface area contributed by atoms with Crippen molar-refractivity contribution in [3.63, 3.8) is 0 Å². The smallest absolute Gasteiger partial charge is 0.222 e. The number of carbonyl (C=O) groups is 1. The number of aryl methyl sites for hydroxylation is 1. The van der Waals surface area contributed by atoms with Crippen molar-refractivity contribution in [3.05, 3.63) is 84.1 Å². The maximum absolute atomic E-state index is 13.0. The van der Waals surface area contributed by atoms with Gasteiger partial charge in [-0.2, -0.15) is 4.98 Å². The van der Waals surface area contributed by atoms with E-state index in [2.05, 4.69) is 39.4 Å². The molecule has 0 unspecified atom stereocenters. The molecule has 0 radical (unpaired) electrons. The van der Waals surface area contributed by atoms with Gasteiger partial charge in [0.25, 0.3) is 0 Å². The van der Waals surface area contributed by atoms with Crippen molar-refractivity contribution in [2.45, 2.75) is 24.7 Å². The number of nitrogens with zero attached hydrogens (tertiary/aromatic N) is 3. The second kappa shape index (κ2) is 7.54. The van der Waals surface area contributed by atoms with Gasteiger partial charge in [-0.15, -0.1) is 0 Å². The van der Waals surface area contributed by atoms with Gasteiger partial charge in [-0.3, -0.25) is 4.79 Å². The summed E-state index contributed by atoms with van der Waals surface area (Å²) in [4.78, 5) is 22.5. The first-order chi connectivity index (χ1) is 14.3. The summed E-state index contributed by atoms with van der Waals surface area (Å²) in [6, 6.07) is 18.5. The Kier molecular flexibility index (Phi) is 4.60. The number of aromatic nitrogens is 3. The van der Waals surface area contributed by atoms with Gasteiger partial charge < -0.3 is 14.4 Å². The van der Waals surface area contributed by atoms with Crippen LogP contribution < -0.4 is 0 Å². The number of H-pyrrole nitrogens is 1. The number of hydrogen-bond donors (Lipinski definition) is 1. The van der Waals surface area contributed by atoms with Crippen LogP contribution in [0.4, 0.5) is 0 Å². The Bertz CT molecular complexity index is 1100. The van der Waals surface area contributed by atoms with Crippen LogP contribution in [0.5, 0.6) is 0 Å². The fourth-order valence-corrected chi connectivity index (χ4v) is 4.39. The summed E-state index contributed by atoms with van der Waals surface area (Å²) in [6.45, 7) is 1.29. The zero-order chi connectivity index (χ0) is 19.6. The van der Waals surface area contributed by atoms with E-state index in [4.69, 9.17) is 4.52 Å². The van der Waals surface area contributed by atoms with E-state index >= 15 is 0 Å². The first-order valence-corrected chi connectivity index (χ1v) is 9.93. The number of fused-ring (bicyclic) bond motifs is 1. The highest BCUT2D eigenvalue weighted by atomic mass is 16.5. The highest BCUT2D eigenvalue weighted by Gasteiger charge is 2.39. The van der Waals surface area contributed by atoms with Crippen LogP contribution in [0.25, 0.3) is 10.9 Å². The van der Waals surface area contributed by atoms with Crippen molar-refractivity contribution >= 4 is 16.8 Å². The summed E-state index contributed by atoms with van der Waals surface area (Å²) in [7, 11) is 0. The third kappa shape index (κ3) is 3.42. The molecule has 0 spiro atoms. The highest BCUT2D eigenvalue weighted by molar-refractivity contribution is 5.84. The van der Waals surface area contributed by atoms with E-state index in [0.717, 1.165) is 11.9 Å². The van der Waals surface area contributed by atoms with Gasteiger partial charge in [-0.05, 0) is 23.6 Å². The molecule has 0 aliphatic carbocycles. The quantitative estimate of drug-likeness (QED) is 0.565. The van der Waals surface area contributed by atoms with Gasteiger partial charge >= 0.3 is 0 Å². The van der Waals surface area contributed by atoms with Crippen LogP contribution in [-0.2, 0) is 11.2 Å². The molecule has 0 bridgehead atoms. The Hall–Kier alpha value is -3.41. The van der Waals surface area contributed by atoms with Crippen LogP contribution in [0, 0.1) is 0 Å². The van der Waals surface area contributed by atoms with E-state index in [1.807, 2.05) is 41.4 Å². The number of likely N-dealkylation sites (tertiary alicyclic amines) is 1. The zero-order valence-electron chi connectivity index (χ0n) is 16.0. The molecule has 5 rings (SSSR count). The monoisotopic (exact) mass is 386 g/mol. The maximum Gasteiger partial charge on any atom is 0.222 e. The predicted octanol–water partition coefficient (Wildman–Crippen LogP) is 3.89. The zero-order valence-corrected chi connectivity index (χ0v) is 16.0. The third-order valence-corrected chi connectivity index (χ3v) is 5.89. The van der Waals surface area contributed by atoms with E-state index in [1.165, 1.54) is 22.9 Å². The molecule has 4 aromatic rings. The minimum absolute atomic E-state index is 0.0492. The average Bonchev–Trinajstić information content (AvgIpc) is 3.52. The van der Waals surface area contributed by atoms with Crippen molar-refractivity contribution in [1.82, 2.24) is 20.0 Å². The maximum atomic E-state index is 13.0. The van der Waals surface area contributed by atoms with Crippen LogP contribution >= 0.6 is 0 Å². The minimum Gasteiger partial charge on any atom is -0.361 e. The SMILES string of the molecule is O=C(CCc1c[nH]c2ccccc12)N1C[C@H](c2ncon2)[C@H](c2ccccc2)C1. The molecular weight excluding hydrogens is 364 g/mol. The molecule has 2 aromatic carbocycles. The van der Waals surface area contributed by atoms with Gasteiger partial charge in [0.15, 0.2) is 5.82 Å². The summed E-state index contributed by atoms with van der Waals surface area (Å²) in [5.74, 6) is 1.06. The summed E-state index contributed by atoms with van der Waals surface area (Å²) >= 11 is 0. The second-order valence-electron chi connectivity index (χ2n) is 7.57. The fourth-order valence-electron chi connectivity index (χ4n) is 4.39. The van der Waals surface area contributed by atoms with Crippen LogP contribution in [0.3, 0.4) is 0 Å². The number of rotatable bonds is 5. The summed E-state index contributed by atoms with van der Waals surface area (Å²) in [6.07, 6.45) is 4.58. The lowest BCUT2D eigenvalue weighted by molar-refractivity contribution is -0.130. The van der Waals surface area contributed by atoms with Crippen LogP contribution in [0.1, 0.15) is 35.2 Å². The molecule has 3 heterocycles. The Morgan fingerprint density at radius 2 is 1.86 bits per heavy atom. The molecule has 2 aromatic heterocycles. The largest absolute Gasteiger partial charge is 0.361 e. The summed E-state index contributed by atoms with van der Waals surface area (Å²) < 4.78 is 4.98. The number of carbonyl (C=O) groups excluding carboxylic acids is 1. The topological polar surface area (TPSA) is 75.0 Å². The molecule has 146 valence electrons. The Morgan fingerprint density at radius 1 is 1.07 bits per heavy atom. The Balaban J connectivity index is 1.32. The van der Waals surface area contributed by atoms with Crippen molar-refractivity contribution < 1.29 is 9.32 Å². The number of para-hydroxylation sites is 1. The number of aromatic amines is 1. The molecule has 1 N–H and O–H groups in total. The predicted molar refractivity (Wildman–Crippen MR) is 109 cm³/mol. The first kappa shape index (κ1) is 17.7. The van der Waals surface area contributed by atoms with E-state index in [1.54, 1.807) is 0 Å². The molecule has 0 saturated carbocycles. The normalized spacial score (nSPS) is 19.1. The molecule has 1 amide bonds.